The lowest BCUT2D eigenvalue weighted by Crippen LogP contribution is -2.21. The molecule has 0 spiro atoms. The lowest BCUT2D eigenvalue weighted by atomic mass is 10.2. The molecule has 0 fully saturated rings. The van der Waals surface area contributed by atoms with Crippen LogP contribution < -0.4 is 5.56 Å². The number of thioether (sulfide) groups is 1. The number of benzene rings is 2. The van der Waals surface area contributed by atoms with Crippen molar-refractivity contribution >= 4 is 22.8 Å². The number of H-pyrrole nitrogens is 1. The number of fused-ring (bicyclic) bond motifs is 1. The molecule has 28 heavy (non-hydrogen) atoms. The van der Waals surface area contributed by atoms with E-state index in [1.165, 1.54) is 17.8 Å². The molecule has 0 saturated heterocycles. The van der Waals surface area contributed by atoms with Crippen molar-refractivity contribution in [2.45, 2.75) is 24.8 Å². The van der Waals surface area contributed by atoms with E-state index in [2.05, 4.69) is 9.97 Å². The van der Waals surface area contributed by atoms with Crippen LogP contribution in [0, 0.1) is 25.5 Å². The molecule has 0 radical (unpaired) electrons. The van der Waals surface area contributed by atoms with Crippen LogP contribution in [-0.2, 0) is 5.75 Å². The highest BCUT2D eigenvalue weighted by Gasteiger charge is 2.15. The number of hydrogen-bond donors (Lipinski definition) is 1. The average molecular weight is 397 g/mol. The van der Waals surface area contributed by atoms with E-state index in [1.807, 2.05) is 44.2 Å². The number of hydrogen-bond acceptors (Lipinski definition) is 3. The first kappa shape index (κ1) is 18.4. The summed E-state index contributed by atoms with van der Waals surface area (Å²) in [5.41, 5.74) is 4.06. The van der Waals surface area contributed by atoms with E-state index in [4.69, 9.17) is 0 Å². The van der Waals surface area contributed by atoms with Crippen LogP contribution in [-0.4, -0.2) is 14.5 Å². The molecular weight excluding hydrogens is 380 g/mol. The summed E-state index contributed by atoms with van der Waals surface area (Å²) in [6, 6.07) is 13.2. The van der Waals surface area contributed by atoms with Gasteiger partial charge in [-0.05, 0) is 49.7 Å². The van der Waals surface area contributed by atoms with Gasteiger partial charge in [0.25, 0.3) is 5.56 Å². The number of aryl methyl sites for hydroxylation is 2. The summed E-state index contributed by atoms with van der Waals surface area (Å²) < 4.78 is 28.2. The summed E-state index contributed by atoms with van der Waals surface area (Å²) in [6.45, 7) is 3.84. The van der Waals surface area contributed by atoms with E-state index in [1.54, 1.807) is 4.57 Å². The lowest BCUT2D eigenvalue weighted by Gasteiger charge is -2.12. The molecule has 4 nitrogen and oxygen atoms in total. The summed E-state index contributed by atoms with van der Waals surface area (Å²) in [6.07, 6.45) is 0. The lowest BCUT2D eigenvalue weighted by molar-refractivity contribution is 0.507. The molecule has 0 unspecified atom stereocenters. The monoisotopic (exact) mass is 397 g/mol. The molecular formula is C21H17F2N3OS. The third-order valence-electron chi connectivity index (χ3n) is 4.40. The van der Waals surface area contributed by atoms with Crippen LogP contribution in [0.25, 0.3) is 16.7 Å². The zero-order valence-corrected chi connectivity index (χ0v) is 16.1. The maximum atomic E-state index is 13.5. The predicted molar refractivity (Wildman–Crippen MR) is 107 cm³/mol. The Kier molecular flexibility index (Phi) is 4.77. The molecule has 4 rings (SSSR count). The number of aromatic amines is 1. The molecule has 4 aromatic rings. The summed E-state index contributed by atoms with van der Waals surface area (Å²) in [4.78, 5) is 20.8. The largest absolute Gasteiger partial charge is 0.353 e. The molecule has 2 heterocycles. The number of aromatic nitrogens is 3. The quantitative estimate of drug-likeness (QED) is 0.394. The van der Waals surface area contributed by atoms with Crippen LogP contribution in [0.2, 0.25) is 0 Å². The van der Waals surface area contributed by atoms with Crippen LogP contribution in [0.1, 0.15) is 16.8 Å². The minimum Gasteiger partial charge on any atom is -0.353 e. The van der Waals surface area contributed by atoms with Gasteiger partial charge in [0.05, 0.1) is 11.2 Å². The van der Waals surface area contributed by atoms with Crippen molar-refractivity contribution in [2.24, 2.45) is 0 Å². The number of nitrogens with zero attached hydrogens (tertiary/aromatic N) is 2. The Labute approximate surface area is 164 Å². The predicted octanol–water partition coefficient (Wildman–Crippen LogP) is 4.90. The SMILES string of the molecule is Cc1ccc(-n2c(SCc3ccc(F)c(F)c3)nc3cc(C)[nH]c3c2=O)cc1. The van der Waals surface area contributed by atoms with Crippen molar-refractivity contribution in [2.75, 3.05) is 0 Å². The first-order valence-electron chi connectivity index (χ1n) is 8.68. The molecule has 0 aliphatic rings. The fourth-order valence-electron chi connectivity index (χ4n) is 2.97. The topological polar surface area (TPSA) is 50.7 Å². The third-order valence-corrected chi connectivity index (χ3v) is 5.41. The highest BCUT2D eigenvalue weighted by atomic mass is 32.2. The first-order chi connectivity index (χ1) is 13.4. The highest BCUT2D eigenvalue weighted by Crippen LogP contribution is 2.25. The van der Waals surface area contributed by atoms with Crippen molar-refractivity contribution in [3.05, 3.63) is 87.3 Å². The van der Waals surface area contributed by atoms with Crippen molar-refractivity contribution in [3.63, 3.8) is 0 Å². The van der Waals surface area contributed by atoms with Crippen molar-refractivity contribution in [1.82, 2.24) is 14.5 Å². The highest BCUT2D eigenvalue weighted by molar-refractivity contribution is 7.98. The van der Waals surface area contributed by atoms with Crippen molar-refractivity contribution in [1.29, 1.82) is 0 Å². The van der Waals surface area contributed by atoms with E-state index in [-0.39, 0.29) is 5.56 Å². The van der Waals surface area contributed by atoms with Crippen LogP contribution in [0.15, 0.2) is 58.5 Å². The molecule has 0 saturated carbocycles. The Balaban J connectivity index is 1.81. The molecule has 142 valence electrons. The average Bonchev–Trinajstić information content (AvgIpc) is 3.04. The smallest absolute Gasteiger partial charge is 0.283 e. The minimum absolute atomic E-state index is 0.199. The summed E-state index contributed by atoms with van der Waals surface area (Å²) in [5, 5.41) is 0.491. The van der Waals surface area contributed by atoms with Gasteiger partial charge in [0, 0.05) is 11.4 Å². The van der Waals surface area contributed by atoms with E-state index < -0.39 is 11.6 Å². The first-order valence-corrected chi connectivity index (χ1v) is 9.67. The van der Waals surface area contributed by atoms with Gasteiger partial charge in [-0.1, -0.05) is 35.5 Å². The molecule has 7 heteroatoms. The minimum atomic E-state index is -0.890. The van der Waals surface area contributed by atoms with Crippen LogP contribution in [0.4, 0.5) is 8.78 Å². The molecule has 0 amide bonds. The van der Waals surface area contributed by atoms with Crippen LogP contribution >= 0.6 is 11.8 Å². The normalized spacial score (nSPS) is 11.3. The number of nitrogens with one attached hydrogen (secondary N) is 1. The Morgan fingerprint density at radius 1 is 1.04 bits per heavy atom. The molecule has 0 aliphatic carbocycles. The van der Waals surface area contributed by atoms with E-state index in [9.17, 15) is 13.6 Å². The van der Waals surface area contributed by atoms with Gasteiger partial charge in [0.1, 0.15) is 5.52 Å². The van der Waals surface area contributed by atoms with Gasteiger partial charge < -0.3 is 4.98 Å². The van der Waals surface area contributed by atoms with Gasteiger partial charge in [-0.15, -0.1) is 0 Å². The third kappa shape index (κ3) is 3.45. The molecule has 1 N–H and O–H groups in total. The molecule has 2 aromatic carbocycles. The fraction of sp³-hybridized carbons (Fsp3) is 0.143. The molecule has 0 bridgehead atoms. The zero-order chi connectivity index (χ0) is 19.8. The van der Waals surface area contributed by atoms with Gasteiger partial charge in [0.2, 0.25) is 0 Å². The maximum absolute atomic E-state index is 13.5. The summed E-state index contributed by atoms with van der Waals surface area (Å²) >= 11 is 1.30. The standard InChI is InChI=1S/C21H17F2N3OS/c1-12-3-6-15(7-4-12)26-20(27)19-18(9-13(2)24-19)25-21(26)28-11-14-5-8-16(22)17(23)10-14/h3-10,24H,11H2,1-2H3. The Morgan fingerprint density at radius 2 is 1.79 bits per heavy atom. The second-order valence-electron chi connectivity index (χ2n) is 6.62. The second-order valence-corrected chi connectivity index (χ2v) is 7.56. The van der Waals surface area contributed by atoms with Gasteiger partial charge >= 0.3 is 0 Å². The Morgan fingerprint density at radius 3 is 2.50 bits per heavy atom. The van der Waals surface area contributed by atoms with Gasteiger partial charge in [-0.25, -0.2) is 13.8 Å². The molecule has 2 aromatic heterocycles. The van der Waals surface area contributed by atoms with E-state index in [0.717, 1.165) is 23.4 Å². The molecule has 0 aliphatic heterocycles. The van der Waals surface area contributed by atoms with Gasteiger partial charge in [0.15, 0.2) is 16.8 Å². The van der Waals surface area contributed by atoms with Crippen LogP contribution in [0.3, 0.4) is 0 Å². The maximum Gasteiger partial charge on any atom is 0.283 e. The van der Waals surface area contributed by atoms with Crippen molar-refractivity contribution in [3.8, 4) is 5.69 Å². The Bertz CT molecular complexity index is 1230. The second kappa shape index (κ2) is 7.24. The number of halogens is 2. The summed E-state index contributed by atoms with van der Waals surface area (Å²) in [7, 11) is 0. The Hall–Kier alpha value is -2.93. The summed E-state index contributed by atoms with van der Waals surface area (Å²) in [5.74, 6) is -1.42. The molecule has 0 atom stereocenters. The van der Waals surface area contributed by atoms with Gasteiger partial charge in [-0.3, -0.25) is 9.36 Å². The zero-order valence-electron chi connectivity index (χ0n) is 15.3. The van der Waals surface area contributed by atoms with Crippen molar-refractivity contribution < 1.29 is 8.78 Å². The van der Waals surface area contributed by atoms with Crippen LogP contribution in [0.5, 0.6) is 0 Å². The van der Waals surface area contributed by atoms with Gasteiger partial charge in [-0.2, -0.15) is 0 Å². The fourth-order valence-corrected chi connectivity index (χ4v) is 3.93. The van der Waals surface area contributed by atoms with E-state index in [0.29, 0.717) is 33.2 Å². The number of rotatable bonds is 4. The van der Waals surface area contributed by atoms with E-state index >= 15 is 0 Å².